The van der Waals surface area contributed by atoms with Crippen molar-refractivity contribution in [2.45, 2.75) is 18.9 Å². The van der Waals surface area contributed by atoms with Crippen molar-refractivity contribution in [2.24, 2.45) is 5.73 Å². The summed E-state index contributed by atoms with van der Waals surface area (Å²) in [5.41, 5.74) is 7.25. The molecule has 0 unspecified atom stereocenters. The Morgan fingerprint density at radius 1 is 1.21 bits per heavy atom. The molecular formula is C11H15IN2. The summed E-state index contributed by atoms with van der Waals surface area (Å²) in [6.07, 6.45) is 2.23. The largest absolute Gasteiger partial charge is 0.371 e. The number of halogens is 1. The molecule has 2 rings (SSSR count). The molecule has 1 fully saturated rings. The fourth-order valence-corrected chi connectivity index (χ4v) is 2.58. The summed E-state index contributed by atoms with van der Waals surface area (Å²) in [6, 6.07) is 8.95. The number of hydrogen-bond donors (Lipinski definition) is 1. The predicted octanol–water partition coefficient (Wildman–Crippen LogP) is 2.22. The van der Waals surface area contributed by atoms with Crippen LogP contribution in [0.2, 0.25) is 0 Å². The summed E-state index contributed by atoms with van der Waals surface area (Å²) < 4.78 is 1.33. The maximum absolute atomic E-state index is 5.88. The highest BCUT2D eigenvalue weighted by Crippen LogP contribution is 2.24. The van der Waals surface area contributed by atoms with Gasteiger partial charge in [-0.05, 0) is 47.6 Å². The lowest BCUT2D eigenvalue weighted by Gasteiger charge is -2.32. The normalized spacial score (nSPS) is 18.6. The standard InChI is InChI=1S/C11H15IN2/c12-10-3-1-2-4-11(10)14-7-5-9(13)6-8-14/h1-4,9H,5-8,13H2. The lowest BCUT2D eigenvalue weighted by atomic mass is 10.1. The first-order chi connectivity index (χ1) is 6.77. The van der Waals surface area contributed by atoms with Gasteiger partial charge in [-0.15, -0.1) is 0 Å². The molecule has 1 aliphatic heterocycles. The molecular weight excluding hydrogens is 287 g/mol. The van der Waals surface area contributed by atoms with Crippen LogP contribution < -0.4 is 10.6 Å². The van der Waals surface area contributed by atoms with Gasteiger partial charge in [-0.1, -0.05) is 12.1 Å². The van der Waals surface area contributed by atoms with Crippen LogP contribution in [0, 0.1) is 3.57 Å². The van der Waals surface area contributed by atoms with Gasteiger partial charge < -0.3 is 10.6 Å². The number of hydrogen-bond acceptors (Lipinski definition) is 2. The van der Waals surface area contributed by atoms with Crippen LogP contribution in [0.5, 0.6) is 0 Å². The first-order valence-corrected chi connectivity index (χ1v) is 6.10. The molecule has 0 radical (unpaired) electrons. The zero-order valence-corrected chi connectivity index (χ0v) is 10.3. The highest BCUT2D eigenvalue weighted by molar-refractivity contribution is 14.1. The van der Waals surface area contributed by atoms with E-state index in [0.29, 0.717) is 6.04 Å². The summed E-state index contributed by atoms with van der Waals surface area (Å²) in [6.45, 7) is 2.20. The van der Waals surface area contributed by atoms with Gasteiger partial charge in [0.1, 0.15) is 0 Å². The molecule has 1 heterocycles. The van der Waals surface area contributed by atoms with E-state index < -0.39 is 0 Å². The first-order valence-electron chi connectivity index (χ1n) is 5.02. The third kappa shape index (κ3) is 2.20. The number of nitrogens with two attached hydrogens (primary N) is 1. The Bertz CT molecular complexity index is 306. The Hall–Kier alpha value is -0.290. The van der Waals surface area contributed by atoms with Crippen molar-refractivity contribution < 1.29 is 0 Å². The molecule has 0 amide bonds. The monoisotopic (exact) mass is 302 g/mol. The van der Waals surface area contributed by atoms with Crippen LogP contribution in [-0.2, 0) is 0 Å². The highest BCUT2D eigenvalue weighted by atomic mass is 127. The van der Waals surface area contributed by atoms with E-state index in [9.17, 15) is 0 Å². The van der Waals surface area contributed by atoms with Gasteiger partial charge in [0.2, 0.25) is 0 Å². The lowest BCUT2D eigenvalue weighted by molar-refractivity contribution is 0.501. The number of para-hydroxylation sites is 1. The molecule has 2 nitrogen and oxygen atoms in total. The van der Waals surface area contributed by atoms with Crippen molar-refractivity contribution >= 4 is 28.3 Å². The predicted molar refractivity (Wildman–Crippen MR) is 68.6 cm³/mol. The van der Waals surface area contributed by atoms with Gasteiger partial charge in [-0.2, -0.15) is 0 Å². The van der Waals surface area contributed by atoms with E-state index in [2.05, 4.69) is 51.8 Å². The van der Waals surface area contributed by atoms with Crippen LogP contribution in [0.4, 0.5) is 5.69 Å². The second-order valence-corrected chi connectivity index (χ2v) is 4.94. The summed E-state index contributed by atoms with van der Waals surface area (Å²) >= 11 is 2.40. The molecule has 1 aromatic carbocycles. The van der Waals surface area contributed by atoms with E-state index >= 15 is 0 Å². The van der Waals surface area contributed by atoms with Crippen LogP contribution in [-0.4, -0.2) is 19.1 Å². The quantitative estimate of drug-likeness (QED) is 0.806. The fraction of sp³-hybridized carbons (Fsp3) is 0.455. The lowest BCUT2D eigenvalue weighted by Crippen LogP contribution is -2.39. The number of piperidine rings is 1. The van der Waals surface area contributed by atoms with Crippen molar-refractivity contribution in [1.29, 1.82) is 0 Å². The summed E-state index contributed by atoms with van der Waals surface area (Å²) in [4.78, 5) is 2.44. The minimum Gasteiger partial charge on any atom is -0.371 e. The maximum atomic E-state index is 5.88. The molecule has 1 aromatic rings. The van der Waals surface area contributed by atoms with Crippen LogP contribution in [0.1, 0.15) is 12.8 Å². The Balaban J connectivity index is 2.12. The Labute approximate surface area is 98.6 Å². The SMILES string of the molecule is NC1CCN(c2ccccc2I)CC1. The van der Waals surface area contributed by atoms with Crippen molar-refractivity contribution in [1.82, 2.24) is 0 Å². The number of anilines is 1. The van der Waals surface area contributed by atoms with Gasteiger partial charge in [-0.25, -0.2) is 0 Å². The van der Waals surface area contributed by atoms with Crippen molar-refractivity contribution in [3.63, 3.8) is 0 Å². The molecule has 0 spiro atoms. The molecule has 0 aromatic heterocycles. The Morgan fingerprint density at radius 2 is 1.86 bits per heavy atom. The third-order valence-electron chi connectivity index (χ3n) is 2.73. The van der Waals surface area contributed by atoms with E-state index in [4.69, 9.17) is 5.73 Å². The van der Waals surface area contributed by atoms with Gasteiger partial charge in [0.25, 0.3) is 0 Å². The summed E-state index contributed by atoms with van der Waals surface area (Å²) in [5.74, 6) is 0. The van der Waals surface area contributed by atoms with Crippen molar-refractivity contribution in [3.8, 4) is 0 Å². The van der Waals surface area contributed by atoms with Gasteiger partial charge in [0, 0.05) is 22.7 Å². The van der Waals surface area contributed by atoms with Crippen LogP contribution >= 0.6 is 22.6 Å². The van der Waals surface area contributed by atoms with Crippen LogP contribution in [0.3, 0.4) is 0 Å². The van der Waals surface area contributed by atoms with Gasteiger partial charge in [-0.3, -0.25) is 0 Å². The molecule has 0 atom stereocenters. The average molecular weight is 302 g/mol. The number of rotatable bonds is 1. The Morgan fingerprint density at radius 3 is 2.50 bits per heavy atom. The number of benzene rings is 1. The molecule has 14 heavy (non-hydrogen) atoms. The molecule has 0 aliphatic carbocycles. The van der Waals surface area contributed by atoms with E-state index in [0.717, 1.165) is 25.9 Å². The van der Waals surface area contributed by atoms with Crippen molar-refractivity contribution in [3.05, 3.63) is 27.8 Å². The molecule has 0 bridgehead atoms. The van der Waals surface area contributed by atoms with Gasteiger partial charge in [0.05, 0.1) is 5.69 Å². The second kappa shape index (κ2) is 4.49. The summed E-state index contributed by atoms with van der Waals surface area (Å²) in [7, 11) is 0. The van der Waals surface area contributed by atoms with Gasteiger partial charge in [0.15, 0.2) is 0 Å². The smallest absolute Gasteiger partial charge is 0.0501 e. The zero-order valence-electron chi connectivity index (χ0n) is 8.12. The maximum Gasteiger partial charge on any atom is 0.0501 e. The molecule has 0 saturated carbocycles. The van der Waals surface area contributed by atoms with E-state index in [-0.39, 0.29) is 0 Å². The highest BCUT2D eigenvalue weighted by Gasteiger charge is 2.17. The van der Waals surface area contributed by atoms with Crippen LogP contribution in [0.25, 0.3) is 0 Å². The molecule has 1 saturated heterocycles. The third-order valence-corrected chi connectivity index (χ3v) is 3.64. The summed E-state index contributed by atoms with van der Waals surface area (Å²) in [5, 5.41) is 0. The minimum absolute atomic E-state index is 0.410. The first kappa shape index (κ1) is 10.2. The second-order valence-electron chi connectivity index (χ2n) is 3.78. The molecule has 1 aliphatic rings. The Kier molecular flexibility index (Phi) is 3.28. The number of nitrogens with zero attached hydrogens (tertiary/aromatic N) is 1. The van der Waals surface area contributed by atoms with E-state index in [1.54, 1.807) is 0 Å². The van der Waals surface area contributed by atoms with E-state index in [1.807, 2.05) is 0 Å². The molecule has 3 heteroatoms. The molecule has 76 valence electrons. The average Bonchev–Trinajstić information content (AvgIpc) is 2.20. The minimum atomic E-state index is 0.410. The topological polar surface area (TPSA) is 29.3 Å². The van der Waals surface area contributed by atoms with Crippen LogP contribution in [0.15, 0.2) is 24.3 Å². The zero-order chi connectivity index (χ0) is 9.97. The van der Waals surface area contributed by atoms with Crippen molar-refractivity contribution in [2.75, 3.05) is 18.0 Å². The molecule has 2 N–H and O–H groups in total. The van der Waals surface area contributed by atoms with Gasteiger partial charge >= 0.3 is 0 Å². The van der Waals surface area contributed by atoms with E-state index in [1.165, 1.54) is 9.26 Å². The fourth-order valence-electron chi connectivity index (χ4n) is 1.85.